The summed E-state index contributed by atoms with van der Waals surface area (Å²) in [5.41, 5.74) is 1.99. The fourth-order valence-corrected chi connectivity index (χ4v) is 2.03. The van der Waals surface area contributed by atoms with Crippen LogP contribution in [-0.4, -0.2) is 13.0 Å². The Labute approximate surface area is 128 Å². The van der Waals surface area contributed by atoms with Crippen LogP contribution >= 0.6 is 11.6 Å². The number of halogens is 2. The van der Waals surface area contributed by atoms with Crippen LogP contribution < -0.4 is 10.6 Å². The van der Waals surface area contributed by atoms with E-state index in [4.69, 9.17) is 11.6 Å². The van der Waals surface area contributed by atoms with Crippen LogP contribution in [0.15, 0.2) is 53.5 Å². The van der Waals surface area contributed by atoms with E-state index in [2.05, 4.69) is 15.6 Å². The zero-order chi connectivity index (χ0) is 15.1. The second kappa shape index (κ2) is 7.64. The highest BCUT2D eigenvalue weighted by atomic mass is 35.5. The van der Waals surface area contributed by atoms with Gasteiger partial charge in [-0.2, -0.15) is 0 Å². The van der Waals surface area contributed by atoms with Gasteiger partial charge in [0.25, 0.3) is 0 Å². The van der Waals surface area contributed by atoms with Gasteiger partial charge in [-0.05, 0) is 29.3 Å². The van der Waals surface area contributed by atoms with Crippen LogP contribution in [0.3, 0.4) is 0 Å². The van der Waals surface area contributed by atoms with Crippen molar-refractivity contribution in [3.63, 3.8) is 0 Å². The third kappa shape index (κ3) is 4.76. The topological polar surface area (TPSA) is 36.4 Å². The minimum atomic E-state index is -0.236. The largest absolute Gasteiger partial charge is 0.352 e. The van der Waals surface area contributed by atoms with Crippen molar-refractivity contribution in [2.24, 2.45) is 4.99 Å². The summed E-state index contributed by atoms with van der Waals surface area (Å²) in [4.78, 5) is 4.14. The van der Waals surface area contributed by atoms with Gasteiger partial charge in [-0.15, -0.1) is 0 Å². The summed E-state index contributed by atoms with van der Waals surface area (Å²) in [7, 11) is 1.70. The summed E-state index contributed by atoms with van der Waals surface area (Å²) in [6, 6.07) is 14.0. The van der Waals surface area contributed by atoms with E-state index < -0.39 is 0 Å². The normalized spacial score (nSPS) is 11.3. The summed E-state index contributed by atoms with van der Waals surface area (Å²) < 4.78 is 12.8. The van der Waals surface area contributed by atoms with Gasteiger partial charge in [0.05, 0.1) is 0 Å². The van der Waals surface area contributed by atoms with Crippen molar-refractivity contribution >= 4 is 17.6 Å². The number of nitrogens with one attached hydrogen (secondary N) is 2. The quantitative estimate of drug-likeness (QED) is 0.671. The molecule has 0 aliphatic rings. The second-order valence-electron chi connectivity index (χ2n) is 4.50. The van der Waals surface area contributed by atoms with Crippen LogP contribution in [0.1, 0.15) is 11.1 Å². The summed E-state index contributed by atoms with van der Waals surface area (Å²) in [6.07, 6.45) is 0. The Balaban J connectivity index is 1.86. The van der Waals surface area contributed by atoms with E-state index in [0.29, 0.717) is 19.0 Å². The Morgan fingerprint density at radius 2 is 1.71 bits per heavy atom. The molecule has 110 valence electrons. The van der Waals surface area contributed by atoms with E-state index in [0.717, 1.165) is 16.1 Å². The van der Waals surface area contributed by atoms with Gasteiger partial charge >= 0.3 is 0 Å². The summed E-state index contributed by atoms with van der Waals surface area (Å²) in [5.74, 6) is 0.430. The molecule has 0 saturated carbocycles. The lowest BCUT2D eigenvalue weighted by Gasteiger charge is -2.12. The molecule has 2 rings (SSSR count). The fourth-order valence-electron chi connectivity index (χ4n) is 1.83. The molecule has 0 radical (unpaired) electrons. The van der Waals surface area contributed by atoms with Gasteiger partial charge in [-0.3, -0.25) is 4.99 Å². The molecule has 3 nitrogen and oxygen atoms in total. The number of benzene rings is 2. The fraction of sp³-hybridized carbons (Fsp3) is 0.188. The van der Waals surface area contributed by atoms with Gasteiger partial charge in [0, 0.05) is 25.2 Å². The highest BCUT2D eigenvalue weighted by molar-refractivity contribution is 6.31. The monoisotopic (exact) mass is 305 g/mol. The molecule has 0 heterocycles. The van der Waals surface area contributed by atoms with Crippen molar-refractivity contribution in [2.75, 3.05) is 7.05 Å². The second-order valence-corrected chi connectivity index (χ2v) is 4.90. The smallest absolute Gasteiger partial charge is 0.191 e. The first-order chi connectivity index (χ1) is 10.2. The number of hydrogen-bond acceptors (Lipinski definition) is 1. The number of guanidine groups is 1. The van der Waals surface area contributed by atoms with Crippen LogP contribution in [0.25, 0.3) is 0 Å². The molecule has 0 amide bonds. The molecular formula is C16H17ClFN3. The lowest BCUT2D eigenvalue weighted by atomic mass is 10.2. The standard InChI is InChI=1S/C16H17ClFN3/c1-19-16(20-10-12-6-8-14(18)9-7-12)21-11-13-4-2-3-5-15(13)17/h2-9H,10-11H2,1H3,(H2,19,20,21). The molecule has 0 spiro atoms. The van der Waals surface area contributed by atoms with E-state index in [9.17, 15) is 4.39 Å². The SMILES string of the molecule is CN=C(NCc1ccc(F)cc1)NCc1ccccc1Cl. The molecule has 0 aliphatic heterocycles. The van der Waals surface area contributed by atoms with Crippen molar-refractivity contribution in [1.82, 2.24) is 10.6 Å². The predicted octanol–water partition coefficient (Wildman–Crippen LogP) is 3.34. The molecule has 0 saturated heterocycles. The van der Waals surface area contributed by atoms with E-state index in [1.165, 1.54) is 12.1 Å². The first-order valence-corrected chi connectivity index (χ1v) is 6.99. The zero-order valence-electron chi connectivity index (χ0n) is 11.7. The van der Waals surface area contributed by atoms with Crippen LogP contribution in [0.2, 0.25) is 5.02 Å². The minimum Gasteiger partial charge on any atom is -0.352 e. The van der Waals surface area contributed by atoms with Crippen LogP contribution in [0.4, 0.5) is 4.39 Å². The van der Waals surface area contributed by atoms with E-state index in [1.54, 1.807) is 19.2 Å². The lowest BCUT2D eigenvalue weighted by molar-refractivity contribution is 0.626. The Bertz CT molecular complexity index is 611. The highest BCUT2D eigenvalue weighted by Gasteiger charge is 2.02. The molecule has 2 aromatic rings. The van der Waals surface area contributed by atoms with Gasteiger partial charge in [0.1, 0.15) is 5.82 Å². The molecule has 2 N–H and O–H groups in total. The third-order valence-electron chi connectivity index (χ3n) is 3.00. The molecule has 0 fully saturated rings. The maximum absolute atomic E-state index is 12.8. The van der Waals surface area contributed by atoms with Gasteiger partial charge in [0.15, 0.2) is 5.96 Å². The summed E-state index contributed by atoms with van der Waals surface area (Å²) in [5, 5.41) is 7.08. The average molecular weight is 306 g/mol. The summed E-state index contributed by atoms with van der Waals surface area (Å²) >= 11 is 6.10. The van der Waals surface area contributed by atoms with Crippen molar-refractivity contribution in [3.8, 4) is 0 Å². The van der Waals surface area contributed by atoms with E-state index in [-0.39, 0.29) is 5.82 Å². The highest BCUT2D eigenvalue weighted by Crippen LogP contribution is 2.14. The molecule has 2 aromatic carbocycles. The van der Waals surface area contributed by atoms with Crippen molar-refractivity contribution in [2.45, 2.75) is 13.1 Å². The number of rotatable bonds is 4. The Hall–Kier alpha value is -2.07. The van der Waals surface area contributed by atoms with Crippen molar-refractivity contribution < 1.29 is 4.39 Å². The molecule has 0 unspecified atom stereocenters. The molecule has 0 bridgehead atoms. The third-order valence-corrected chi connectivity index (χ3v) is 3.37. The molecule has 5 heteroatoms. The Morgan fingerprint density at radius 3 is 2.38 bits per heavy atom. The average Bonchev–Trinajstić information content (AvgIpc) is 2.51. The van der Waals surface area contributed by atoms with Gasteiger partial charge in [-0.25, -0.2) is 4.39 Å². The van der Waals surface area contributed by atoms with Crippen molar-refractivity contribution in [1.29, 1.82) is 0 Å². The van der Waals surface area contributed by atoms with E-state index >= 15 is 0 Å². The first kappa shape index (κ1) is 15.3. The Kier molecular flexibility index (Phi) is 5.58. The molecule has 21 heavy (non-hydrogen) atoms. The van der Waals surface area contributed by atoms with Crippen molar-refractivity contribution in [3.05, 3.63) is 70.5 Å². The van der Waals surface area contributed by atoms with Gasteiger partial charge in [-0.1, -0.05) is 41.9 Å². The lowest BCUT2D eigenvalue weighted by Crippen LogP contribution is -2.36. The van der Waals surface area contributed by atoms with Crippen LogP contribution in [0.5, 0.6) is 0 Å². The van der Waals surface area contributed by atoms with Gasteiger partial charge < -0.3 is 10.6 Å². The number of nitrogens with zero attached hydrogens (tertiary/aromatic N) is 1. The Morgan fingerprint density at radius 1 is 1.05 bits per heavy atom. The first-order valence-electron chi connectivity index (χ1n) is 6.61. The maximum atomic E-state index is 12.8. The molecule has 0 aromatic heterocycles. The number of hydrogen-bond donors (Lipinski definition) is 2. The van der Waals surface area contributed by atoms with Crippen LogP contribution in [0, 0.1) is 5.82 Å². The predicted molar refractivity (Wildman–Crippen MR) is 84.9 cm³/mol. The molecule has 0 atom stereocenters. The van der Waals surface area contributed by atoms with Gasteiger partial charge in [0.2, 0.25) is 0 Å². The van der Waals surface area contributed by atoms with Crippen LogP contribution in [-0.2, 0) is 13.1 Å². The maximum Gasteiger partial charge on any atom is 0.191 e. The minimum absolute atomic E-state index is 0.236. The number of aliphatic imine (C=N–C) groups is 1. The molecular weight excluding hydrogens is 289 g/mol. The van der Waals surface area contributed by atoms with E-state index in [1.807, 2.05) is 24.3 Å². The zero-order valence-corrected chi connectivity index (χ0v) is 12.5. The summed E-state index contributed by atoms with van der Waals surface area (Å²) in [6.45, 7) is 1.16. The molecule has 0 aliphatic carbocycles.